The molecule has 1 saturated heterocycles. The highest BCUT2D eigenvalue weighted by atomic mass is 32.2. The predicted molar refractivity (Wildman–Crippen MR) is 117 cm³/mol. The lowest BCUT2D eigenvalue weighted by Crippen LogP contribution is -2.48. The summed E-state index contributed by atoms with van der Waals surface area (Å²) in [6, 6.07) is 10.9. The van der Waals surface area contributed by atoms with Crippen molar-refractivity contribution in [3.05, 3.63) is 57.6 Å². The molecule has 3 nitrogen and oxygen atoms in total. The normalized spacial score (nSPS) is 30.4. The van der Waals surface area contributed by atoms with E-state index in [1.165, 1.54) is 35.4 Å². The van der Waals surface area contributed by atoms with E-state index < -0.39 is 0 Å². The van der Waals surface area contributed by atoms with Crippen LogP contribution in [-0.4, -0.2) is 36.1 Å². The molecular formula is C24H33NO2S. The van der Waals surface area contributed by atoms with Crippen LogP contribution in [-0.2, 0) is 9.47 Å². The molecule has 4 heteroatoms. The summed E-state index contributed by atoms with van der Waals surface area (Å²) in [6.45, 7) is 7.56. The van der Waals surface area contributed by atoms with Crippen molar-refractivity contribution in [3.8, 4) is 0 Å². The van der Waals surface area contributed by atoms with Gasteiger partial charge in [-0.15, -0.1) is 11.8 Å². The minimum Gasteiger partial charge on any atom is -0.382 e. The van der Waals surface area contributed by atoms with Gasteiger partial charge in [-0.1, -0.05) is 41.5 Å². The number of thioether (sulfide) groups is 1. The van der Waals surface area contributed by atoms with Crippen molar-refractivity contribution in [2.75, 3.05) is 19.5 Å². The molecule has 152 valence electrons. The van der Waals surface area contributed by atoms with E-state index in [-0.39, 0.29) is 17.9 Å². The Morgan fingerprint density at radius 3 is 2.61 bits per heavy atom. The SMILES string of the molecule is COC[C@H]1[C@H](c2ccccc2)O[C@]2(C)CCC(C)=C(SCC3=C(C)CCC3)N12. The van der Waals surface area contributed by atoms with Crippen LogP contribution in [0, 0.1) is 0 Å². The Kier molecular flexibility index (Phi) is 5.91. The summed E-state index contributed by atoms with van der Waals surface area (Å²) in [7, 11) is 1.80. The lowest BCUT2D eigenvalue weighted by Gasteiger charge is -2.43. The third-order valence-corrected chi connectivity index (χ3v) is 7.91. The Hall–Kier alpha value is -1.23. The quantitative estimate of drug-likeness (QED) is 0.543. The van der Waals surface area contributed by atoms with Gasteiger partial charge in [-0.2, -0.15) is 0 Å². The maximum Gasteiger partial charge on any atom is 0.140 e. The average Bonchev–Trinajstić information content (AvgIpc) is 3.24. The summed E-state index contributed by atoms with van der Waals surface area (Å²) < 4.78 is 12.4. The molecule has 1 aliphatic carbocycles. The topological polar surface area (TPSA) is 21.7 Å². The van der Waals surface area contributed by atoms with Gasteiger partial charge >= 0.3 is 0 Å². The van der Waals surface area contributed by atoms with Crippen LogP contribution >= 0.6 is 11.8 Å². The van der Waals surface area contributed by atoms with Gasteiger partial charge in [0.1, 0.15) is 11.8 Å². The molecule has 0 bridgehead atoms. The van der Waals surface area contributed by atoms with E-state index in [4.69, 9.17) is 9.47 Å². The van der Waals surface area contributed by atoms with Crippen molar-refractivity contribution >= 4 is 11.8 Å². The van der Waals surface area contributed by atoms with Gasteiger partial charge in [-0.3, -0.25) is 0 Å². The van der Waals surface area contributed by atoms with Crippen molar-refractivity contribution in [1.82, 2.24) is 4.90 Å². The predicted octanol–water partition coefficient (Wildman–Crippen LogP) is 6.05. The van der Waals surface area contributed by atoms with Crippen LogP contribution in [0.25, 0.3) is 0 Å². The molecule has 0 aromatic heterocycles. The second-order valence-electron chi connectivity index (χ2n) is 8.63. The van der Waals surface area contributed by atoms with Crippen LogP contribution in [0.4, 0.5) is 0 Å². The average molecular weight is 400 g/mol. The van der Waals surface area contributed by atoms with Gasteiger partial charge in [0.05, 0.1) is 17.7 Å². The zero-order valence-electron chi connectivity index (χ0n) is 17.7. The van der Waals surface area contributed by atoms with Gasteiger partial charge in [0.25, 0.3) is 0 Å². The molecule has 1 aromatic rings. The van der Waals surface area contributed by atoms with Crippen molar-refractivity contribution in [2.24, 2.45) is 0 Å². The van der Waals surface area contributed by atoms with E-state index in [1.807, 2.05) is 11.8 Å². The number of methoxy groups -OCH3 is 1. The number of fused-ring (bicyclic) bond motifs is 1. The van der Waals surface area contributed by atoms with Crippen LogP contribution in [0.15, 0.2) is 52.1 Å². The molecule has 0 saturated carbocycles. The van der Waals surface area contributed by atoms with E-state index in [0.29, 0.717) is 6.61 Å². The zero-order chi connectivity index (χ0) is 19.7. The second kappa shape index (κ2) is 8.25. The van der Waals surface area contributed by atoms with E-state index >= 15 is 0 Å². The summed E-state index contributed by atoms with van der Waals surface area (Å²) in [5.41, 5.74) is 5.75. The standard InChI is InChI=1S/C24H33NO2S/c1-17-9-8-12-20(17)16-28-23-18(2)13-14-24(3)25(23)21(15-26-4)22(27-24)19-10-6-5-7-11-19/h5-7,10-11,21-22H,8-9,12-16H2,1-4H3/t21-,22-,24+/m0/s1. The van der Waals surface area contributed by atoms with E-state index in [2.05, 4.69) is 56.0 Å². The molecule has 3 aliphatic rings. The second-order valence-corrected chi connectivity index (χ2v) is 9.59. The number of hydrogen-bond donors (Lipinski definition) is 0. The Morgan fingerprint density at radius 1 is 1.14 bits per heavy atom. The maximum absolute atomic E-state index is 6.76. The molecule has 0 amide bonds. The maximum atomic E-state index is 6.76. The Balaban J connectivity index is 1.64. The van der Waals surface area contributed by atoms with Crippen LogP contribution in [0.5, 0.6) is 0 Å². The fraction of sp³-hybridized carbons (Fsp3) is 0.583. The van der Waals surface area contributed by atoms with Crippen molar-refractivity contribution in [2.45, 2.75) is 70.7 Å². The zero-order valence-corrected chi connectivity index (χ0v) is 18.5. The molecule has 1 fully saturated rings. The molecule has 0 radical (unpaired) electrons. The molecule has 0 N–H and O–H groups in total. The van der Waals surface area contributed by atoms with Crippen LogP contribution < -0.4 is 0 Å². The number of allylic oxidation sites excluding steroid dienone is 2. The first kappa shape index (κ1) is 20.1. The van der Waals surface area contributed by atoms with Gasteiger partial charge in [-0.25, -0.2) is 0 Å². The molecule has 2 aliphatic heterocycles. The van der Waals surface area contributed by atoms with Crippen molar-refractivity contribution < 1.29 is 9.47 Å². The largest absolute Gasteiger partial charge is 0.382 e. The molecular weight excluding hydrogens is 366 g/mol. The summed E-state index contributed by atoms with van der Waals surface area (Å²) in [6.07, 6.45) is 6.06. The molecule has 0 spiro atoms. The molecule has 3 atom stereocenters. The number of benzene rings is 1. The van der Waals surface area contributed by atoms with Gasteiger partial charge in [0.2, 0.25) is 0 Å². The minimum absolute atomic E-state index is 0.0417. The van der Waals surface area contributed by atoms with E-state index in [1.54, 1.807) is 18.3 Å². The van der Waals surface area contributed by atoms with Gasteiger partial charge in [-0.05, 0) is 64.0 Å². The highest BCUT2D eigenvalue weighted by Crippen LogP contribution is 2.52. The molecule has 1 aromatic carbocycles. The monoisotopic (exact) mass is 399 g/mol. The molecule has 0 unspecified atom stereocenters. The summed E-state index contributed by atoms with van der Waals surface area (Å²) >= 11 is 2.02. The van der Waals surface area contributed by atoms with E-state index in [9.17, 15) is 0 Å². The van der Waals surface area contributed by atoms with Crippen molar-refractivity contribution in [3.63, 3.8) is 0 Å². The Labute approximate surface area is 174 Å². The summed E-state index contributed by atoms with van der Waals surface area (Å²) in [5.74, 6) is 1.11. The number of nitrogens with zero attached hydrogens (tertiary/aromatic N) is 1. The lowest BCUT2D eigenvalue weighted by molar-refractivity contribution is -0.0880. The molecule has 2 heterocycles. The number of rotatable bonds is 6. The van der Waals surface area contributed by atoms with Gasteiger partial charge in [0, 0.05) is 12.9 Å². The van der Waals surface area contributed by atoms with Gasteiger partial charge in [0.15, 0.2) is 0 Å². The third kappa shape index (κ3) is 3.67. The highest BCUT2D eigenvalue weighted by molar-refractivity contribution is 8.03. The third-order valence-electron chi connectivity index (χ3n) is 6.60. The smallest absolute Gasteiger partial charge is 0.140 e. The van der Waals surface area contributed by atoms with Crippen LogP contribution in [0.1, 0.15) is 64.5 Å². The number of hydrogen-bond acceptors (Lipinski definition) is 4. The lowest BCUT2D eigenvalue weighted by atomic mass is 9.97. The fourth-order valence-electron chi connectivity index (χ4n) is 4.94. The van der Waals surface area contributed by atoms with Crippen molar-refractivity contribution in [1.29, 1.82) is 0 Å². The van der Waals surface area contributed by atoms with Crippen LogP contribution in [0.3, 0.4) is 0 Å². The number of ether oxygens (including phenoxy) is 2. The van der Waals surface area contributed by atoms with Crippen LogP contribution in [0.2, 0.25) is 0 Å². The minimum atomic E-state index is -0.259. The first-order valence-corrected chi connectivity index (χ1v) is 11.5. The Bertz CT molecular complexity index is 772. The first-order valence-electron chi connectivity index (χ1n) is 10.5. The van der Waals surface area contributed by atoms with Gasteiger partial charge < -0.3 is 14.4 Å². The Morgan fingerprint density at radius 2 is 1.93 bits per heavy atom. The molecule has 4 rings (SSSR count). The summed E-state index contributed by atoms with van der Waals surface area (Å²) in [4.78, 5) is 2.56. The first-order chi connectivity index (χ1) is 13.5. The highest BCUT2D eigenvalue weighted by Gasteiger charge is 2.53. The molecule has 28 heavy (non-hydrogen) atoms. The fourth-order valence-corrected chi connectivity index (χ4v) is 6.46. The summed E-state index contributed by atoms with van der Waals surface area (Å²) in [5, 5.41) is 1.42. The van der Waals surface area contributed by atoms with E-state index in [0.717, 1.165) is 18.6 Å².